The first-order valence-corrected chi connectivity index (χ1v) is 32.6. The van der Waals surface area contributed by atoms with Crippen LogP contribution in [-0.4, -0.2) is 227 Å². The number of carbonyl (C=O) groups excluding carboxylic acids is 11. The molecule has 9 atom stereocenters. The first-order valence-electron chi connectivity index (χ1n) is 32.6. The van der Waals surface area contributed by atoms with Crippen molar-refractivity contribution in [3.63, 3.8) is 0 Å². The molecule has 4 aliphatic rings. The third-order valence-corrected chi connectivity index (χ3v) is 18.8. The number of aliphatic hydroxyl groups excluding tert-OH is 1. The number of fused-ring (bicyclic) bond motifs is 1. The molecule has 2 aliphatic carbocycles. The van der Waals surface area contributed by atoms with Gasteiger partial charge >= 0.3 is 6.18 Å². The Morgan fingerprint density at radius 1 is 0.652 bits per heavy atom. The number of aliphatic hydroxyl groups is 1. The van der Waals surface area contributed by atoms with E-state index in [2.05, 4.69) is 21.3 Å². The van der Waals surface area contributed by atoms with Gasteiger partial charge in [0.25, 0.3) is 0 Å². The van der Waals surface area contributed by atoms with Crippen LogP contribution in [0.1, 0.15) is 162 Å². The van der Waals surface area contributed by atoms with Crippen LogP contribution in [0.2, 0.25) is 0 Å². The molecule has 0 unspecified atom stereocenters. The van der Waals surface area contributed by atoms with Gasteiger partial charge in [-0.25, -0.2) is 4.39 Å². The Morgan fingerprint density at radius 2 is 1.22 bits per heavy atom. The Hall–Kier alpha value is -6.93. The van der Waals surface area contributed by atoms with Gasteiger partial charge in [0.15, 0.2) is 0 Å². The highest BCUT2D eigenvalue weighted by atomic mass is 19.4. The molecule has 4 fully saturated rings. The van der Waals surface area contributed by atoms with Crippen molar-refractivity contribution in [2.75, 3.05) is 68.5 Å². The van der Waals surface area contributed by atoms with E-state index in [1.165, 1.54) is 57.0 Å². The Balaban J connectivity index is 1.57. The molecule has 2 heterocycles. The zero-order chi connectivity index (χ0) is 68.9. The zero-order valence-electron chi connectivity index (χ0n) is 56.1. The zero-order valence-corrected chi connectivity index (χ0v) is 56.1. The van der Waals surface area contributed by atoms with Gasteiger partial charge in [-0.1, -0.05) is 99.0 Å². The fourth-order valence-electron chi connectivity index (χ4n) is 13.0. The van der Waals surface area contributed by atoms with Crippen LogP contribution in [0.4, 0.5) is 17.6 Å². The van der Waals surface area contributed by atoms with Crippen molar-refractivity contribution in [3.05, 3.63) is 35.1 Å². The first-order chi connectivity index (χ1) is 43.0. The minimum atomic E-state index is -5.01. The molecule has 2 aliphatic heterocycles. The molecule has 5 rings (SSSR count). The highest BCUT2D eigenvalue weighted by molar-refractivity contribution is 5.99. The molecule has 27 heteroatoms. The summed E-state index contributed by atoms with van der Waals surface area (Å²) in [6.07, 6.45) is -1.18. The van der Waals surface area contributed by atoms with Crippen LogP contribution in [0.3, 0.4) is 0 Å². The predicted molar refractivity (Wildman–Crippen MR) is 333 cm³/mol. The quantitative estimate of drug-likeness (QED) is 0.197. The molecule has 92 heavy (non-hydrogen) atoms. The molecular weight excluding hydrogens is 1200 g/mol. The van der Waals surface area contributed by atoms with Gasteiger partial charge in [0.1, 0.15) is 47.6 Å². The molecule has 516 valence electrons. The van der Waals surface area contributed by atoms with Gasteiger partial charge in [0, 0.05) is 67.7 Å². The summed E-state index contributed by atoms with van der Waals surface area (Å²) in [7, 11) is 8.36. The smallest absolute Gasteiger partial charge is 0.391 e. The number of amides is 11. The second-order valence-corrected chi connectivity index (χ2v) is 27.2. The van der Waals surface area contributed by atoms with E-state index in [1.807, 2.05) is 34.6 Å². The molecule has 1 spiro atoms. The second kappa shape index (κ2) is 33.3. The molecule has 2 saturated heterocycles. The Kier molecular flexibility index (Phi) is 27.4. The van der Waals surface area contributed by atoms with Crippen molar-refractivity contribution >= 4 is 65.0 Å². The highest BCUT2D eigenvalue weighted by Gasteiger charge is 2.50. The molecule has 0 aromatic heterocycles. The van der Waals surface area contributed by atoms with E-state index in [4.69, 9.17) is 0 Å². The lowest BCUT2D eigenvalue weighted by atomic mass is 9.84. The number of likely N-dealkylation sites (N-methyl/N-ethyl adjacent to an activating group) is 6. The summed E-state index contributed by atoms with van der Waals surface area (Å²) in [6, 6.07) is -6.20. The van der Waals surface area contributed by atoms with Crippen molar-refractivity contribution in [2.24, 2.45) is 23.7 Å². The predicted octanol–water partition coefficient (Wildman–Crippen LogP) is 4.01. The van der Waals surface area contributed by atoms with Crippen LogP contribution >= 0.6 is 0 Å². The Morgan fingerprint density at radius 3 is 1.79 bits per heavy atom. The summed E-state index contributed by atoms with van der Waals surface area (Å²) < 4.78 is 55.8. The maximum Gasteiger partial charge on any atom is 0.419 e. The van der Waals surface area contributed by atoms with Crippen LogP contribution in [0.25, 0.3) is 0 Å². The SMILES string of the molecule is CC[C@H](C)[C@@H]1NC(=O)[C@H](CC(C)C)N(C)C(=O)C[C@@H](C)NC(=O)[C@H](CC(C)C)N(C)C(=O)C2(CCCC2)NC(=O)[C@@H]2C[C@H](O)CN2C(=O)[C@H](CCc2ccc(C(F)(F)F)c(F)c2)NC(=O)CN(C)C(=O)[C@H](CC2CCCCC2)N(C)C(=O)CN(C)C(=O)CN(C)C1=O. The molecule has 5 N–H and O–H groups in total. The second-order valence-electron chi connectivity index (χ2n) is 27.2. The van der Waals surface area contributed by atoms with E-state index in [1.54, 1.807) is 13.8 Å². The lowest BCUT2D eigenvalue weighted by molar-refractivity contribution is -0.149. The lowest BCUT2D eigenvalue weighted by Gasteiger charge is -2.38. The third-order valence-electron chi connectivity index (χ3n) is 18.8. The number of hydrogen-bond acceptors (Lipinski definition) is 12. The number of nitrogens with zero attached hydrogens (tertiary/aromatic N) is 7. The fraction of sp³-hybridized carbons (Fsp3) is 0.738. The Bertz CT molecular complexity index is 2810. The van der Waals surface area contributed by atoms with Crippen LogP contribution in [0.5, 0.6) is 0 Å². The van der Waals surface area contributed by atoms with E-state index in [9.17, 15) is 65.8 Å². The van der Waals surface area contributed by atoms with E-state index < -0.39 is 169 Å². The molecular formula is C65H101F4N11O12. The number of alkyl halides is 3. The molecule has 0 radical (unpaired) electrons. The van der Waals surface area contributed by atoms with Gasteiger partial charge in [0.05, 0.1) is 31.3 Å². The van der Waals surface area contributed by atoms with Crippen LogP contribution in [0, 0.1) is 29.5 Å². The Labute approximate surface area is 539 Å². The highest BCUT2D eigenvalue weighted by Crippen LogP contribution is 2.35. The van der Waals surface area contributed by atoms with Crippen molar-refractivity contribution < 1.29 is 75.4 Å². The molecule has 1 aromatic carbocycles. The third kappa shape index (κ3) is 20.0. The summed E-state index contributed by atoms with van der Waals surface area (Å²) in [5.74, 6) is -9.95. The topological polar surface area (TPSA) is 279 Å². The number of halogens is 4. The fourth-order valence-corrected chi connectivity index (χ4v) is 13.0. The van der Waals surface area contributed by atoms with E-state index in [-0.39, 0.29) is 81.1 Å². The van der Waals surface area contributed by atoms with Gasteiger partial charge in [-0.2, -0.15) is 13.2 Å². The van der Waals surface area contributed by atoms with Crippen molar-refractivity contribution in [3.8, 4) is 0 Å². The summed E-state index contributed by atoms with van der Waals surface area (Å²) in [5.41, 5.74) is -3.11. The molecule has 11 amide bonds. The number of aryl methyl sites for hydroxylation is 1. The van der Waals surface area contributed by atoms with E-state index >= 15 is 9.59 Å². The summed E-state index contributed by atoms with van der Waals surface area (Å²) in [5, 5.41) is 22.5. The largest absolute Gasteiger partial charge is 0.419 e. The van der Waals surface area contributed by atoms with E-state index in [0.717, 1.165) is 57.8 Å². The average molecular weight is 1300 g/mol. The average Bonchev–Trinajstić information content (AvgIpc) is 1.59. The maximum atomic E-state index is 15.1. The molecule has 2 saturated carbocycles. The standard InChI is InChI=1S/C65H101F4N11O12/c1-14-40(6)56-62(91)76(10)36-54(84)74(8)37-55(85)78(12)51(32-42-20-16-15-17-21-42)61(90)75(9)35-52(82)71-47(25-23-43-22-24-45(46(66)31-43)65(67,68)69)60(89)80-34-44(81)33-50(80)59(88)73-64(26-18-19-27-64)63(92)79(13)49(29-39(4)5)57(86)70-41(7)30-53(83)77(11)48(28-38(2)3)58(87)72-56/h22,24,31,38-42,44,47-51,56,81H,14-21,23,25-30,32-37H2,1-13H3,(H,70,86)(H,71,82)(H,72,87)(H,73,88)/t40-,41+,44-,47-,48-,49-,50-,51-,56-/m0/s1. The van der Waals surface area contributed by atoms with Gasteiger partial charge < -0.3 is 60.7 Å². The summed E-state index contributed by atoms with van der Waals surface area (Å²) in [4.78, 5) is 168. The van der Waals surface area contributed by atoms with Gasteiger partial charge in [-0.3, -0.25) is 52.7 Å². The molecule has 1 aromatic rings. The molecule has 0 bridgehead atoms. The van der Waals surface area contributed by atoms with Crippen LogP contribution < -0.4 is 21.3 Å². The summed E-state index contributed by atoms with van der Waals surface area (Å²) in [6.45, 7) is 10.4. The minimum Gasteiger partial charge on any atom is -0.391 e. The maximum absolute atomic E-state index is 15.1. The summed E-state index contributed by atoms with van der Waals surface area (Å²) >= 11 is 0. The minimum absolute atomic E-state index is 0.00640. The lowest BCUT2D eigenvalue weighted by Crippen LogP contribution is -2.64. The van der Waals surface area contributed by atoms with Crippen molar-refractivity contribution in [1.29, 1.82) is 0 Å². The van der Waals surface area contributed by atoms with E-state index in [0.29, 0.717) is 31.4 Å². The van der Waals surface area contributed by atoms with Gasteiger partial charge in [-0.15, -0.1) is 0 Å². The number of rotatable bonds is 11. The van der Waals surface area contributed by atoms with Crippen molar-refractivity contribution in [2.45, 2.75) is 218 Å². The normalized spacial score (nSPS) is 26.8. The van der Waals surface area contributed by atoms with Crippen LogP contribution in [0.15, 0.2) is 18.2 Å². The number of carbonyl (C=O) groups is 11. The van der Waals surface area contributed by atoms with Crippen molar-refractivity contribution in [1.82, 2.24) is 55.6 Å². The number of hydrogen-bond donors (Lipinski definition) is 5. The molecule has 23 nitrogen and oxygen atoms in total. The van der Waals surface area contributed by atoms with Gasteiger partial charge in [-0.05, 0) is 93.2 Å². The van der Waals surface area contributed by atoms with Crippen LogP contribution in [-0.2, 0) is 65.3 Å². The van der Waals surface area contributed by atoms with Gasteiger partial charge in [0.2, 0.25) is 65.0 Å². The monoisotopic (exact) mass is 1300 g/mol. The first kappa shape index (κ1) is 75.8. The number of benzene rings is 1. The number of nitrogens with one attached hydrogen (secondary N) is 4.